The third-order valence-corrected chi connectivity index (χ3v) is 4.67. The summed E-state index contributed by atoms with van der Waals surface area (Å²) in [6, 6.07) is 0. The van der Waals surface area contributed by atoms with E-state index >= 15 is 0 Å². The van der Waals surface area contributed by atoms with E-state index in [4.69, 9.17) is 0 Å². The molecule has 0 radical (unpaired) electrons. The van der Waals surface area contributed by atoms with Gasteiger partial charge in [0.2, 0.25) is 0 Å². The number of hydrogen-bond donors (Lipinski definition) is 0. The number of methoxy groups -OCH3 is 1. The van der Waals surface area contributed by atoms with Crippen LogP contribution in [0.1, 0.15) is 34.1 Å². The normalized spacial score (nSPS) is 16.4. The van der Waals surface area contributed by atoms with Gasteiger partial charge in [-0.1, -0.05) is 27.7 Å². The summed E-state index contributed by atoms with van der Waals surface area (Å²) in [6.45, 7) is 6.00. The van der Waals surface area contributed by atoms with Crippen molar-refractivity contribution in [3.63, 3.8) is 0 Å². The predicted octanol–water partition coefficient (Wildman–Crippen LogP) is 2.71. The van der Waals surface area contributed by atoms with Crippen LogP contribution in [-0.4, -0.2) is 33.6 Å². The molecule has 0 N–H and O–H groups in total. The van der Waals surface area contributed by atoms with Gasteiger partial charge in [0.1, 0.15) is 0 Å². The maximum absolute atomic E-state index is 12.2. The molecule has 0 aromatic heterocycles. The van der Waals surface area contributed by atoms with Gasteiger partial charge in [0, 0.05) is 6.42 Å². The lowest BCUT2D eigenvalue weighted by Crippen LogP contribution is -2.36. The average molecular weight is 334 g/mol. The van der Waals surface area contributed by atoms with Crippen molar-refractivity contribution in [1.29, 1.82) is 0 Å². The number of carbonyl (C=O) groups is 1. The molecule has 2 atom stereocenters. The Hall–Kier alpha value is -0.830. The monoisotopic (exact) mass is 334 g/mol. The van der Waals surface area contributed by atoms with Crippen LogP contribution in [0.15, 0.2) is 0 Å². The van der Waals surface area contributed by atoms with E-state index in [1.165, 1.54) is 7.11 Å². The molecule has 0 aliphatic heterocycles. The van der Waals surface area contributed by atoms with Gasteiger partial charge in [0.05, 0.1) is 13.7 Å². The van der Waals surface area contributed by atoms with Gasteiger partial charge in [-0.25, -0.2) is 0 Å². The molecule has 0 aromatic carbocycles. The maximum Gasteiger partial charge on any atom is 0.523 e. The van der Waals surface area contributed by atoms with Crippen LogP contribution in [-0.2, 0) is 23.8 Å². The van der Waals surface area contributed by atoms with E-state index in [1.807, 2.05) is 0 Å². The lowest BCUT2D eigenvalue weighted by molar-refractivity contribution is -0.142. The maximum atomic E-state index is 12.2. The summed E-state index contributed by atoms with van der Waals surface area (Å²) in [6.07, 6.45) is 0.0904. The van der Waals surface area contributed by atoms with Crippen molar-refractivity contribution >= 4 is 16.1 Å². The standard InChI is InChI=1S/C12H21F3O5S/c1-8(6-10(16)19-5)9(2)11(3,4)7-20-21(17,18)12(13,14)15/h8-9H,6-7H2,1-5H3/t8-,9-/m1/s1. The van der Waals surface area contributed by atoms with Crippen LogP contribution in [0.2, 0.25) is 0 Å². The molecular formula is C12H21F3O5S. The van der Waals surface area contributed by atoms with E-state index < -0.39 is 33.6 Å². The number of alkyl halides is 3. The van der Waals surface area contributed by atoms with Crippen molar-refractivity contribution < 1.29 is 35.3 Å². The first-order valence-corrected chi connectivity index (χ1v) is 7.68. The largest absolute Gasteiger partial charge is 0.523 e. The first-order valence-electron chi connectivity index (χ1n) is 6.27. The first-order chi connectivity index (χ1) is 9.24. The van der Waals surface area contributed by atoms with Gasteiger partial charge in [0.15, 0.2) is 0 Å². The quantitative estimate of drug-likeness (QED) is 0.407. The topological polar surface area (TPSA) is 69.7 Å². The highest BCUT2D eigenvalue weighted by molar-refractivity contribution is 7.87. The zero-order valence-corrected chi connectivity index (χ0v) is 13.5. The van der Waals surface area contributed by atoms with Crippen molar-refractivity contribution in [1.82, 2.24) is 0 Å². The summed E-state index contributed by atoms with van der Waals surface area (Å²) in [5.74, 6) is -0.904. The Labute approximate surface area is 122 Å². The summed E-state index contributed by atoms with van der Waals surface area (Å²) < 4.78 is 67.0. The molecule has 0 saturated heterocycles. The van der Waals surface area contributed by atoms with Crippen molar-refractivity contribution in [2.24, 2.45) is 17.3 Å². The van der Waals surface area contributed by atoms with Gasteiger partial charge >= 0.3 is 21.6 Å². The van der Waals surface area contributed by atoms with E-state index in [0.29, 0.717) is 0 Å². The molecule has 0 aliphatic rings. The van der Waals surface area contributed by atoms with Crippen LogP contribution in [0.25, 0.3) is 0 Å². The molecule has 0 bridgehead atoms. The SMILES string of the molecule is COC(=O)C[C@@H](C)[C@@H](C)C(C)(C)COS(=O)(=O)C(F)(F)F. The molecule has 0 aliphatic carbocycles. The molecular weight excluding hydrogens is 313 g/mol. The summed E-state index contributed by atoms with van der Waals surface area (Å²) in [5.41, 5.74) is -6.31. The van der Waals surface area contributed by atoms with Crippen LogP contribution in [0.5, 0.6) is 0 Å². The van der Waals surface area contributed by atoms with E-state index in [-0.39, 0.29) is 18.3 Å². The van der Waals surface area contributed by atoms with Crippen LogP contribution >= 0.6 is 0 Å². The molecule has 0 unspecified atom stereocenters. The van der Waals surface area contributed by atoms with Gasteiger partial charge in [0.25, 0.3) is 0 Å². The second-order valence-corrected chi connectivity index (χ2v) is 7.30. The highest BCUT2D eigenvalue weighted by atomic mass is 32.2. The Kier molecular flexibility index (Phi) is 6.68. The van der Waals surface area contributed by atoms with Crippen LogP contribution in [0.4, 0.5) is 13.2 Å². The number of hydrogen-bond acceptors (Lipinski definition) is 5. The summed E-state index contributed by atoms with van der Waals surface area (Å²) in [4.78, 5) is 11.2. The van der Waals surface area contributed by atoms with Crippen molar-refractivity contribution in [2.45, 2.75) is 39.6 Å². The fourth-order valence-electron chi connectivity index (χ4n) is 1.72. The fourth-order valence-corrected chi connectivity index (χ4v) is 2.31. The Balaban J connectivity index is 4.79. The Bertz CT molecular complexity index is 456. The number of halogens is 3. The van der Waals surface area contributed by atoms with E-state index in [9.17, 15) is 26.4 Å². The minimum absolute atomic E-state index is 0.0904. The third kappa shape index (κ3) is 5.82. The van der Waals surface area contributed by atoms with Gasteiger partial charge in [-0.2, -0.15) is 21.6 Å². The van der Waals surface area contributed by atoms with Gasteiger partial charge in [-0.3, -0.25) is 8.98 Å². The number of rotatable bonds is 7. The van der Waals surface area contributed by atoms with E-state index in [2.05, 4.69) is 8.92 Å². The number of ether oxygens (including phenoxy) is 1. The second-order valence-electron chi connectivity index (χ2n) is 5.70. The van der Waals surface area contributed by atoms with E-state index in [1.54, 1.807) is 27.7 Å². The molecule has 0 saturated carbocycles. The van der Waals surface area contributed by atoms with Crippen LogP contribution < -0.4 is 0 Å². The van der Waals surface area contributed by atoms with Crippen LogP contribution in [0.3, 0.4) is 0 Å². The van der Waals surface area contributed by atoms with Gasteiger partial charge < -0.3 is 4.74 Å². The van der Waals surface area contributed by atoms with Crippen molar-refractivity contribution in [2.75, 3.05) is 13.7 Å². The zero-order valence-electron chi connectivity index (χ0n) is 12.7. The Morgan fingerprint density at radius 3 is 2.05 bits per heavy atom. The summed E-state index contributed by atoms with van der Waals surface area (Å²) in [7, 11) is -4.37. The molecule has 0 spiro atoms. The lowest BCUT2D eigenvalue weighted by atomic mass is 9.73. The molecule has 126 valence electrons. The summed E-state index contributed by atoms with van der Waals surface area (Å²) >= 11 is 0. The van der Waals surface area contributed by atoms with Crippen molar-refractivity contribution in [3.8, 4) is 0 Å². The molecule has 0 amide bonds. The predicted molar refractivity (Wildman–Crippen MR) is 69.7 cm³/mol. The smallest absolute Gasteiger partial charge is 0.469 e. The number of esters is 1. The van der Waals surface area contributed by atoms with Crippen molar-refractivity contribution in [3.05, 3.63) is 0 Å². The molecule has 0 rings (SSSR count). The highest BCUT2D eigenvalue weighted by Crippen LogP contribution is 2.36. The summed E-state index contributed by atoms with van der Waals surface area (Å²) in [5, 5.41) is 0. The molecule has 9 heteroatoms. The molecule has 5 nitrogen and oxygen atoms in total. The lowest BCUT2D eigenvalue weighted by Gasteiger charge is -2.35. The first kappa shape index (κ1) is 20.2. The third-order valence-electron chi connectivity index (χ3n) is 3.67. The molecule has 21 heavy (non-hydrogen) atoms. The van der Waals surface area contributed by atoms with E-state index in [0.717, 1.165) is 0 Å². The molecule has 0 aromatic rings. The zero-order chi connectivity index (χ0) is 17.1. The Morgan fingerprint density at radius 1 is 1.19 bits per heavy atom. The molecule has 0 heterocycles. The second kappa shape index (κ2) is 6.95. The molecule has 0 fully saturated rings. The fraction of sp³-hybridized carbons (Fsp3) is 0.917. The Morgan fingerprint density at radius 2 is 1.67 bits per heavy atom. The average Bonchev–Trinajstić information content (AvgIpc) is 2.34. The van der Waals surface area contributed by atoms with Gasteiger partial charge in [-0.05, 0) is 17.3 Å². The minimum Gasteiger partial charge on any atom is -0.469 e. The van der Waals surface area contributed by atoms with Crippen LogP contribution in [0, 0.1) is 17.3 Å². The van der Waals surface area contributed by atoms with Gasteiger partial charge in [-0.15, -0.1) is 0 Å². The highest BCUT2D eigenvalue weighted by Gasteiger charge is 2.48. The number of carbonyl (C=O) groups excluding carboxylic acids is 1. The minimum atomic E-state index is -5.61.